The summed E-state index contributed by atoms with van der Waals surface area (Å²) in [5.74, 6) is -0.605. The summed E-state index contributed by atoms with van der Waals surface area (Å²) < 4.78 is 0. The molecule has 0 saturated heterocycles. The number of fused-ring (bicyclic) bond motifs is 1. The van der Waals surface area contributed by atoms with Gasteiger partial charge in [-0.25, -0.2) is 0 Å². The van der Waals surface area contributed by atoms with E-state index < -0.39 is 0 Å². The molecule has 0 atom stereocenters. The number of hydrogen-bond acceptors (Lipinski definition) is 2. The highest BCUT2D eigenvalue weighted by molar-refractivity contribution is 6.21. The summed E-state index contributed by atoms with van der Waals surface area (Å²) in [6, 6.07) is 24.3. The van der Waals surface area contributed by atoms with E-state index in [2.05, 4.69) is 53.9 Å². The van der Waals surface area contributed by atoms with Gasteiger partial charge in [-0.15, -0.1) is 0 Å². The van der Waals surface area contributed by atoms with Gasteiger partial charge in [0.2, 0.25) is 0 Å². The van der Waals surface area contributed by atoms with Crippen molar-refractivity contribution in [2.75, 3.05) is 0 Å². The zero-order chi connectivity index (χ0) is 18.6. The summed E-state index contributed by atoms with van der Waals surface area (Å²) in [4.78, 5) is 23.3. The average molecular weight is 353 g/mol. The van der Waals surface area contributed by atoms with Crippen molar-refractivity contribution in [1.82, 2.24) is 5.32 Å². The summed E-state index contributed by atoms with van der Waals surface area (Å²) in [6.45, 7) is 0. The maximum Gasteiger partial charge on any atom is 0.258 e. The third-order valence-corrected chi connectivity index (χ3v) is 4.73. The SMILES string of the molecule is O=C1NC(=O)c2cc(CCC=Cc3ccc(-c4ccccc4)cc3)ccc21. The summed E-state index contributed by atoms with van der Waals surface area (Å²) in [7, 11) is 0. The highest BCUT2D eigenvalue weighted by Crippen LogP contribution is 2.20. The van der Waals surface area contributed by atoms with Gasteiger partial charge in [-0.3, -0.25) is 14.9 Å². The van der Waals surface area contributed by atoms with Crippen LogP contribution in [-0.2, 0) is 6.42 Å². The van der Waals surface area contributed by atoms with Gasteiger partial charge in [0.15, 0.2) is 0 Å². The van der Waals surface area contributed by atoms with Gasteiger partial charge in [-0.1, -0.05) is 72.8 Å². The molecule has 1 aliphatic heterocycles. The Morgan fingerprint density at radius 2 is 1.44 bits per heavy atom. The highest BCUT2D eigenvalue weighted by atomic mass is 16.2. The van der Waals surface area contributed by atoms with Crippen LogP contribution in [0.5, 0.6) is 0 Å². The molecule has 0 radical (unpaired) electrons. The first-order valence-electron chi connectivity index (χ1n) is 9.01. The third-order valence-electron chi connectivity index (χ3n) is 4.73. The highest BCUT2D eigenvalue weighted by Gasteiger charge is 2.26. The van der Waals surface area contributed by atoms with Crippen LogP contribution in [0.15, 0.2) is 78.9 Å². The summed E-state index contributed by atoms with van der Waals surface area (Å²) in [5.41, 5.74) is 5.60. The first-order valence-corrected chi connectivity index (χ1v) is 9.01. The molecule has 4 rings (SSSR count). The molecule has 3 nitrogen and oxygen atoms in total. The molecule has 27 heavy (non-hydrogen) atoms. The molecule has 2 amide bonds. The van der Waals surface area contributed by atoms with Gasteiger partial charge in [0, 0.05) is 0 Å². The molecule has 3 heteroatoms. The first-order chi connectivity index (χ1) is 13.2. The van der Waals surface area contributed by atoms with Gasteiger partial charge in [-0.2, -0.15) is 0 Å². The van der Waals surface area contributed by atoms with E-state index in [1.54, 1.807) is 6.07 Å². The van der Waals surface area contributed by atoms with Crippen LogP contribution in [0.1, 0.15) is 38.3 Å². The largest absolute Gasteiger partial charge is 0.288 e. The number of amides is 2. The molecule has 3 aromatic carbocycles. The van der Waals surface area contributed by atoms with Crippen molar-refractivity contribution in [3.8, 4) is 11.1 Å². The molecular formula is C24H19NO2. The number of imide groups is 1. The van der Waals surface area contributed by atoms with E-state index >= 15 is 0 Å². The number of allylic oxidation sites excluding steroid dienone is 1. The fourth-order valence-electron chi connectivity index (χ4n) is 3.26. The molecule has 0 fully saturated rings. The van der Waals surface area contributed by atoms with Crippen molar-refractivity contribution in [1.29, 1.82) is 0 Å². The Hall–Kier alpha value is -3.46. The van der Waals surface area contributed by atoms with Crippen LogP contribution >= 0.6 is 0 Å². The number of rotatable bonds is 5. The average Bonchev–Trinajstić information content (AvgIpc) is 3.00. The molecule has 0 bridgehead atoms. The predicted molar refractivity (Wildman–Crippen MR) is 107 cm³/mol. The number of nitrogens with one attached hydrogen (secondary N) is 1. The van der Waals surface area contributed by atoms with Crippen molar-refractivity contribution in [3.05, 3.63) is 101 Å². The van der Waals surface area contributed by atoms with Crippen LogP contribution in [0, 0.1) is 0 Å². The van der Waals surface area contributed by atoms with Gasteiger partial charge < -0.3 is 0 Å². The number of aryl methyl sites for hydroxylation is 1. The lowest BCUT2D eigenvalue weighted by atomic mass is 10.0. The van der Waals surface area contributed by atoms with Crippen LogP contribution in [-0.4, -0.2) is 11.8 Å². The van der Waals surface area contributed by atoms with Crippen molar-refractivity contribution >= 4 is 17.9 Å². The third kappa shape index (κ3) is 3.72. The second-order valence-electron chi connectivity index (χ2n) is 6.59. The Bertz CT molecular complexity index is 1020. The van der Waals surface area contributed by atoms with Gasteiger partial charge in [0.25, 0.3) is 11.8 Å². The fourth-order valence-corrected chi connectivity index (χ4v) is 3.26. The van der Waals surface area contributed by atoms with Crippen molar-refractivity contribution in [2.45, 2.75) is 12.8 Å². The van der Waals surface area contributed by atoms with E-state index in [9.17, 15) is 9.59 Å². The van der Waals surface area contributed by atoms with Gasteiger partial charge in [0.05, 0.1) is 11.1 Å². The maximum atomic E-state index is 11.7. The van der Waals surface area contributed by atoms with Crippen LogP contribution in [0.25, 0.3) is 17.2 Å². The second-order valence-corrected chi connectivity index (χ2v) is 6.59. The summed E-state index contributed by atoms with van der Waals surface area (Å²) in [6.07, 6.45) is 5.94. The predicted octanol–water partition coefficient (Wildman–Crippen LogP) is 4.88. The number of hydrogen-bond donors (Lipinski definition) is 1. The van der Waals surface area contributed by atoms with Gasteiger partial charge in [0.1, 0.15) is 0 Å². The Kier molecular flexibility index (Phi) is 4.67. The molecule has 0 aliphatic carbocycles. The molecule has 1 heterocycles. The molecule has 0 aromatic heterocycles. The fraction of sp³-hybridized carbons (Fsp3) is 0.0833. The summed E-state index contributed by atoms with van der Waals surface area (Å²) >= 11 is 0. The Morgan fingerprint density at radius 1 is 0.741 bits per heavy atom. The lowest BCUT2D eigenvalue weighted by molar-refractivity contribution is 0.0879. The number of carbonyl (C=O) groups excluding carboxylic acids is 2. The monoisotopic (exact) mass is 353 g/mol. The Balaban J connectivity index is 1.37. The standard InChI is InChI=1S/C24H19NO2/c26-23-21-15-12-18(16-22(21)24(27)25-23)7-5-4-6-17-10-13-20(14-11-17)19-8-2-1-3-9-19/h1-4,6,8-16H,5,7H2,(H,25,26,27). The maximum absolute atomic E-state index is 11.7. The normalized spacial score (nSPS) is 13.0. The second kappa shape index (κ2) is 7.42. The number of benzene rings is 3. The molecule has 0 unspecified atom stereocenters. The molecule has 0 saturated carbocycles. The molecular weight excluding hydrogens is 334 g/mol. The lowest BCUT2D eigenvalue weighted by Gasteiger charge is -2.02. The van der Waals surface area contributed by atoms with E-state index in [1.165, 1.54) is 11.1 Å². The van der Waals surface area contributed by atoms with Crippen LogP contribution < -0.4 is 5.32 Å². The summed E-state index contributed by atoms with van der Waals surface area (Å²) in [5, 5.41) is 2.32. The Labute approximate surface area is 158 Å². The van der Waals surface area contributed by atoms with Gasteiger partial charge >= 0.3 is 0 Å². The topological polar surface area (TPSA) is 46.2 Å². The van der Waals surface area contributed by atoms with Crippen molar-refractivity contribution in [3.63, 3.8) is 0 Å². The minimum absolute atomic E-state index is 0.300. The van der Waals surface area contributed by atoms with Crippen LogP contribution in [0.4, 0.5) is 0 Å². The zero-order valence-electron chi connectivity index (χ0n) is 14.8. The van der Waals surface area contributed by atoms with Crippen molar-refractivity contribution in [2.24, 2.45) is 0 Å². The smallest absolute Gasteiger partial charge is 0.258 e. The van der Waals surface area contributed by atoms with Crippen LogP contribution in [0.2, 0.25) is 0 Å². The Morgan fingerprint density at radius 3 is 2.22 bits per heavy atom. The molecule has 1 N–H and O–H groups in total. The molecule has 0 spiro atoms. The van der Waals surface area contributed by atoms with E-state index in [1.807, 2.05) is 30.3 Å². The quantitative estimate of drug-likeness (QED) is 0.664. The number of carbonyl (C=O) groups is 2. The minimum Gasteiger partial charge on any atom is -0.288 e. The van der Waals surface area contributed by atoms with E-state index in [0.717, 1.165) is 24.0 Å². The van der Waals surface area contributed by atoms with E-state index in [4.69, 9.17) is 0 Å². The van der Waals surface area contributed by atoms with E-state index in [-0.39, 0.29) is 11.8 Å². The molecule has 1 aliphatic rings. The molecule has 3 aromatic rings. The zero-order valence-corrected chi connectivity index (χ0v) is 14.8. The first kappa shape index (κ1) is 17.0. The lowest BCUT2D eigenvalue weighted by Crippen LogP contribution is -2.19. The van der Waals surface area contributed by atoms with Gasteiger partial charge in [-0.05, 0) is 47.2 Å². The molecule has 132 valence electrons. The van der Waals surface area contributed by atoms with E-state index in [0.29, 0.717) is 11.1 Å². The van der Waals surface area contributed by atoms with Crippen LogP contribution in [0.3, 0.4) is 0 Å². The van der Waals surface area contributed by atoms with Crippen molar-refractivity contribution < 1.29 is 9.59 Å². The minimum atomic E-state index is -0.305.